The minimum atomic E-state index is -0.761. The van der Waals surface area contributed by atoms with E-state index in [1.807, 2.05) is 57.3 Å². The largest absolute Gasteiger partial charge is 0.366 e. The first-order valence-electron chi connectivity index (χ1n) is 8.57. The van der Waals surface area contributed by atoms with E-state index in [4.69, 9.17) is 11.3 Å². The van der Waals surface area contributed by atoms with E-state index >= 15 is 0 Å². The Morgan fingerprint density at radius 1 is 0.967 bits per heavy atom. The molecule has 3 aromatic carbocycles. The molecular weight excluding hydrogens is 723 g/mol. The first kappa shape index (κ1) is 21.5. The summed E-state index contributed by atoms with van der Waals surface area (Å²) >= 11 is 6.19. The Morgan fingerprint density at radius 2 is 1.63 bits per heavy atom. The Bertz CT molecular complexity index is 1290. The summed E-state index contributed by atoms with van der Waals surface area (Å²) in [5.74, 6) is 0.468. The number of rotatable bonds is 3. The average Bonchev–Trinajstić information content (AvgIpc) is 2.73. The molecule has 2 amide bonds. The molecule has 0 N–H and O–H groups in total. The molecule has 0 aliphatic carbocycles. The summed E-state index contributed by atoms with van der Waals surface area (Å²) < 4.78 is 2.23. The van der Waals surface area contributed by atoms with Crippen LogP contribution in [0.25, 0.3) is 10.8 Å². The maximum absolute atomic E-state index is 13.1. The molecule has 0 saturated carbocycles. The van der Waals surface area contributed by atoms with Gasteiger partial charge in [0.15, 0.2) is 0 Å². The van der Waals surface area contributed by atoms with Crippen LogP contribution in [0.4, 0.5) is 0 Å². The average molecular weight is 733 g/mol. The van der Waals surface area contributed by atoms with E-state index in [0.29, 0.717) is 40.7 Å². The third-order valence-electron chi connectivity index (χ3n) is 4.68. The highest BCUT2D eigenvalue weighted by atomic mass is 127. The number of nitrogens with zero attached hydrogens (tertiary/aromatic N) is 1. The van der Waals surface area contributed by atoms with Crippen molar-refractivity contribution in [3.8, 4) is 12.3 Å². The van der Waals surface area contributed by atoms with Crippen LogP contribution in [0.15, 0.2) is 42.5 Å². The first-order valence-corrected chi connectivity index (χ1v) is 11.8. The molecule has 1 aliphatic rings. The van der Waals surface area contributed by atoms with Crippen LogP contribution in [0.1, 0.15) is 36.6 Å². The summed E-state index contributed by atoms with van der Waals surface area (Å²) in [5, 5.41) is 1.83. The summed E-state index contributed by atoms with van der Waals surface area (Å²) in [5.41, 5.74) is 1.76. The van der Waals surface area contributed by atoms with Crippen LogP contribution in [-0.4, -0.2) is 22.8 Å². The lowest BCUT2D eigenvalue weighted by atomic mass is 9.91. The molecular formula is C22H10I3NO4. The van der Waals surface area contributed by atoms with Crippen LogP contribution >= 0.6 is 67.8 Å². The van der Waals surface area contributed by atoms with Crippen LogP contribution in [-0.2, 0) is 11.3 Å². The van der Waals surface area contributed by atoms with Crippen molar-refractivity contribution in [2.24, 2.45) is 0 Å². The molecule has 8 heteroatoms. The van der Waals surface area contributed by atoms with E-state index in [-0.39, 0.29) is 0 Å². The summed E-state index contributed by atoms with van der Waals surface area (Å²) in [6.07, 6.45) is 5.82. The zero-order chi connectivity index (χ0) is 21.6. The van der Waals surface area contributed by atoms with Gasteiger partial charge in [0.2, 0.25) is 0 Å². The second-order valence-corrected chi connectivity index (χ2v) is 9.79. The number of benzene rings is 3. The van der Waals surface area contributed by atoms with E-state index < -0.39 is 17.8 Å². The minimum absolute atomic E-state index is 0.292. The summed E-state index contributed by atoms with van der Waals surface area (Å²) in [6.45, 7) is 0. The minimum Gasteiger partial charge on any atom is -0.324 e. The van der Waals surface area contributed by atoms with Gasteiger partial charge in [-0.25, -0.2) is 4.79 Å². The van der Waals surface area contributed by atoms with E-state index in [0.717, 1.165) is 14.5 Å². The molecule has 1 heterocycles. The van der Waals surface area contributed by atoms with Gasteiger partial charge < -0.3 is 4.84 Å². The van der Waals surface area contributed by atoms with Crippen LogP contribution in [0.2, 0.25) is 0 Å². The molecule has 0 fully saturated rings. The number of halogens is 3. The van der Waals surface area contributed by atoms with Crippen molar-refractivity contribution in [1.29, 1.82) is 0 Å². The van der Waals surface area contributed by atoms with Gasteiger partial charge in [-0.2, -0.15) is 0 Å². The number of imide groups is 1. The van der Waals surface area contributed by atoms with Crippen molar-refractivity contribution in [3.05, 3.63) is 75.4 Å². The van der Waals surface area contributed by atoms with Gasteiger partial charge in [-0.3, -0.25) is 9.59 Å². The maximum Gasteiger partial charge on any atom is 0.366 e. The van der Waals surface area contributed by atoms with Crippen LogP contribution in [0, 0.1) is 23.1 Å². The Hall–Kier alpha value is -1.72. The molecule has 0 saturated heterocycles. The number of carbonyl (C=O) groups excluding carboxylic acids is 3. The van der Waals surface area contributed by atoms with Gasteiger partial charge >= 0.3 is 5.97 Å². The summed E-state index contributed by atoms with van der Waals surface area (Å²) in [7, 11) is 0. The smallest absolute Gasteiger partial charge is 0.324 e. The van der Waals surface area contributed by atoms with Crippen LogP contribution in [0.5, 0.6) is 0 Å². The van der Waals surface area contributed by atoms with Gasteiger partial charge in [0.05, 0.1) is 16.7 Å². The van der Waals surface area contributed by atoms with Gasteiger partial charge in [0.25, 0.3) is 11.8 Å². The van der Waals surface area contributed by atoms with Gasteiger partial charge in [0, 0.05) is 22.5 Å². The number of hydrogen-bond acceptors (Lipinski definition) is 4. The monoisotopic (exact) mass is 733 g/mol. The lowest BCUT2D eigenvalue weighted by Gasteiger charge is -2.26. The third kappa shape index (κ3) is 3.50. The van der Waals surface area contributed by atoms with Crippen molar-refractivity contribution >= 4 is 96.3 Å². The number of amides is 2. The van der Waals surface area contributed by atoms with E-state index in [9.17, 15) is 14.4 Å². The topological polar surface area (TPSA) is 63.7 Å². The number of hydrogen-bond donors (Lipinski definition) is 0. The predicted octanol–water partition coefficient (Wildman–Crippen LogP) is 5.20. The molecule has 0 radical (unpaired) electrons. The molecule has 148 valence electrons. The Balaban J connectivity index is 1.78. The Morgan fingerprint density at radius 3 is 2.33 bits per heavy atom. The first-order chi connectivity index (χ1) is 14.3. The van der Waals surface area contributed by atoms with Crippen molar-refractivity contribution in [2.45, 2.75) is 6.42 Å². The molecule has 0 spiro atoms. The number of terminal acetylenes is 1. The van der Waals surface area contributed by atoms with Gasteiger partial charge in [-0.05, 0) is 103 Å². The second-order valence-electron chi connectivity index (χ2n) is 6.38. The van der Waals surface area contributed by atoms with Crippen molar-refractivity contribution in [2.75, 3.05) is 0 Å². The lowest BCUT2D eigenvalue weighted by molar-refractivity contribution is -0.0622. The van der Waals surface area contributed by atoms with E-state index in [1.165, 1.54) is 0 Å². The number of hydroxylamine groups is 2. The molecule has 3 aromatic rings. The maximum atomic E-state index is 13.1. The molecule has 30 heavy (non-hydrogen) atoms. The standard InChI is InChI=1S/C22H10I3NO4/c1-2-4-11-7-8-14-17-12(11)5-3-6-13(17)20(27)26(21(14)28)30-22(29)18-15(23)9-10-16(24)19(18)25/h1,3,5-10H,4H2. The quantitative estimate of drug-likeness (QED) is 0.161. The van der Waals surface area contributed by atoms with E-state index in [2.05, 4.69) is 28.5 Å². The SMILES string of the molecule is C#CCc1ccc2c3c(cccc13)C(=O)N(OC(=O)c1c(I)ccc(I)c1I)C2=O. The second kappa shape index (κ2) is 8.43. The fourth-order valence-electron chi connectivity index (χ4n) is 3.32. The fourth-order valence-corrected chi connectivity index (χ4v) is 5.65. The molecule has 5 nitrogen and oxygen atoms in total. The van der Waals surface area contributed by atoms with Crippen molar-refractivity contribution < 1.29 is 19.2 Å². The predicted molar refractivity (Wildman–Crippen MR) is 137 cm³/mol. The van der Waals surface area contributed by atoms with Crippen molar-refractivity contribution in [1.82, 2.24) is 5.06 Å². The van der Waals surface area contributed by atoms with Gasteiger partial charge in [0.1, 0.15) is 0 Å². The van der Waals surface area contributed by atoms with Crippen LogP contribution < -0.4 is 0 Å². The molecule has 0 bridgehead atoms. The zero-order valence-corrected chi connectivity index (χ0v) is 21.5. The normalized spacial score (nSPS) is 12.8. The third-order valence-corrected chi connectivity index (χ3v) is 8.63. The highest BCUT2D eigenvalue weighted by molar-refractivity contribution is 14.1. The zero-order valence-electron chi connectivity index (χ0n) is 15.0. The molecule has 0 unspecified atom stereocenters. The highest BCUT2D eigenvalue weighted by Gasteiger charge is 2.37. The number of carbonyl (C=O) groups is 3. The summed E-state index contributed by atoms with van der Waals surface area (Å²) in [4.78, 5) is 44.4. The molecule has 0 aromatic heterocycles. The van der Waals surface area contributed by atoms with Crippen LogP contribution in [0.3, 0.4) is 0 Å². The van der Waals surface area contributed by atoms with E-state index in [1.54, 1.807) is 30.3 Å². The Kier molecular flexibility index (Phi) is 6.04. The molecule has 1 aliphatic heterocycles. The highest BCUT2D eigenvalue weighted by Crippen LogP contribution is 2.33. The van der Waals surface area contributed by atoms with Gasteiger partial charge in [-0.1, -0.05) is 23.3 Å². The molecule has 0 atom stereocenters. The Labute approximate surface area is 212 Å². The lowest BCUT2D eigenvalue weighted by Crippen LogP contribution is -2.42. The fraction of sp³-hybridized carbons (Fsp3) is 0.0455. The molecule has 4 rings (SSSR count). The van der Waals surface area contributed by atoms with Crippen molar-refractivity contribution in [3.63, 3.8) is 0 Å². The summed E-state index contributed by atoms with van der Waals surface area (Å²) in [6, 6.07) is 12.2. The van der Waals surface area contributed by atoms with Gasteiger partial charge in [-0.15, -0.1) is 12.3 Å².